The summed E-state index contributed by atoms with van der Waals surface area (Å²) in [6, 6.07) is 20.1. The minimum absolute atomic E-state index is 0.0704. The maximum atomic E-state index is 13.5. The van der Waals surface area contributed by atoms with Gasteiger partial charge in [-0.25, -0.2) is 13.2 Å². The summed E-state index contributed by atoms with van der Waals surface area (Å²) in [7, 11) is -4.07. The van der Waals surface area contributed by atoms with Crippen molar-refractivity contribution in [3.63, 3.8) is 0 Å². The number of rotatable bonds is 3. The van der Waals surface area contributed by atoms with E-state index < -0.39 is 16.1 Å². The van der Waals surface area contributed by atoms with Gasteiger partial charge in [-0.2, -0.15) is 9.57 Å². The van der Waals surface area contributed by atoms with Crippen molar-refractivity contribution < 1.29 is 13.2 Å². The second-order valence-corrected chi connectivity index (χ2v) is 8.96. The van der Waals surface area contributed by atoms with Crippen LogP contribution in [0.2, 0.25) is 0 Å². The molecular weight excluding hydrogens is 398 g/mol. The molecule has 1 aliphatic rings. The third kappa shape index (κ3) is 3.21. The predicted molar refractivity (Wildman–Crippen MR) is 115 cm³/mol. The monoisotopic (exact) mass is 417 g/mol. The molecular formula is C23H19N3O3S. The summed E-state index contributed by atoms with van der Waals surface area (Å²) < 4.78 is 27.6. The molecule has 6 nitrogen and oxygen atoms in total. The first kappa shape index (κ1) is 19.7. The number of benzene rings is 3. The number of urea groups is 1. The van der Waals surface area contributed by atoms with Gasteiger partial charge < -0.3 is 0 Å². The molecule has 150 valence electrons. The third-order valence-corrected chi connectivity index (χ3v) is 6.78. The van der Waals surface area contributed by atoms with E-state index in [1.54, 1.807) is 61.5 Å². The van der Waals surface area contributed by atoms with E-state index in [1.807, 2.05) is 13.0 Å². The predicted octanol–water partition coefficient (Wildman–Crippen LogP) is 4.51. The molecule has 0 fully saturated rings. The van der Waals surface area contributed by atoms with Gasteiger partial charge in [0.2, 0.25) is 0 Å². The lowest BCUT2D eigenvalue weighted by Crippen LogP contribution is -2.51. The van der Waals surface area contributed by atoms with Crippen LogP contribution in [0.4, 0.5) is 16.2 Å². The zero-order chi connectivity index (χ0) is 21.5. The second-order valence-electron chi connectivity index (χ2n) is 7.21. The quantitative estimate of drug-likeness (QED) is 0.628. The number of aryl methyl sites for hydroxylation is 2. The van der Waals surface area contributed by atoms with Crippen LogP contribution in [0.3, 0.4) is 0 Å². The zero-order valence-corrected chi connectivity index (χ0v) is 17.3. The number of amides is 2. The Kier molecular flexibility index (Phi) is 4.80. The van der Waals surface area contributed by atoms with E-state index in [-0.39, 0.29) is 11.4 Å². The fourth-order valence-corrected chi connectivity index (χ4v) is 5.31. The van der Waals surface area contributed by atoms with Gasteiger partial charge in [0.05, 0.1) is 29.6 Å². The fourth-order valence-electron chi connectivity index (χ4n) is 3.65. The van der Waals surface area contributed by atoms with Crippen LogP contribution in [0.5, 0.6) is 0 Å². The van der Waals surface area contributed by atoms with E-state index in [2.05, 4.69) is 6.07 Å². The van der Waals surface area contributed by atoms with Gasteiger partial charge in [-0.1, -0.05) is 42.0 Å². The molecule has 0 saturated carbocycles. The normalized spacial score (nSPS) is 14.9. The van der Waals surface area contributed by atoms with E-state index in [4.69, 9.17) is 0 Å². The first-order valence-corrected chi connectivity index (χ1v) is 10.8. The molecule has 2 amide bonds. The molecule has 7 heteroatoms. The number of para-hydroxylation sites is 1. The Labute approximate surface area is 175 Å². The lowest BCUT2D eigenvalue weighted by atomic mass is 10.1. The van der Waals surface area contributed by atoms with Crippen molar-refractivity contribution in [3.05, 3.63) is 89.0 Å². The molecule has 0 bridgehead atoms. The van der Waals surface area contributed by atoms with Gasteiger partial charge in [0.1, 0.15) is 4.90 Å². The molecule has 0 saturated heterocycles. The van der Waals surface area contributed by atoms with Crippen molar-refractivity contribution in [1.82, 2.24) is 0 Å². The molecule has 30 heavy (non-hydrogen) atoms. The Bertz CT molecular complexity index is 1310. The average Bonchev–Trinajstić information content (AvgIpc) is 2.73. The molecule has 4 rings (SSSR count). The maximum absolute atomic E-state index is 13.5. The summed E-state index contributed by atoms with van der Waals surface area (Å²) in [5, 5.41) is 9.17. The Morgan fingerprint density at radius 1 is 0.933 bits per heavy atom. The number of hydrogen-bond acceptors (Lipinski definition) is 4. The van der Waals surface area contributed by atoms with E-state index in [9.17, 15) is 18.5 Å². The van der Waals surface area contributed by atoms with Crippen LogP contribution >= 0.6 is 0 Å². The smallest absolute Gasteiger partial charge is 0.287 e. The topological polar surface area (TPSA) is 81.5 Å². The Hall–Kier alpha value is -3.63. The van der Waals surface area contributed by atoms with Gasteiger partial charge in [0, 0.05) is 0 Å². The first-order valence-electron chi connectivity index (χ1n) is 9.35. The molecule has 0 atom stereocenters. The van der Waals surface area contributed by atoms with E-state index in [0.717, 1.165) is 15.4 Å². The molecule has 0 radical (unpaired) electrons. The molecule has 1 aliphatic heterocycles. The SMILES string of the molecule is Cc1ccc(N2C(=O)N(Cc3cccc(C#N)c3)c3ccccc3S2(=O)=O)c(C)c1. The van der Waals surface area contributed by atoms with Crippen molar-refractivity contribution in [3.8, 4) is 6.07 Å². The highest BCUT2D eigenvalue weighted by atomic mass is 32.2. The average molecular weight is 417 g/mol. The van der Waals surface area contributed by atoms with E-state index >= 15 is 0 Å². The van der Waals surface area contributed by atoms with Crippen LogP contribution in [0.15, 0.2) is 71.6 Å². The fraction of sp³-hybridized carbons (Fsp3) is 0.130. The highest BCUT2D eigenvalue weighted by molar-refractivity contribution is 7.94. The molecule has 3 aromatic carbocycles. The Morgan fingerprint density at radius 3 is 2.43 bits per heavy atom. The van der Waals surface area contributed by atoms with Gasteiger partial charge >= 0.3 is 6.03 Å². The molecule has 1 heterocycles. The summed E-state index contributed by atoms with van der Waals surface area (Å²) >= 11 is 0. The number of sulfonamides is 1. The minimum Gasteiger partial charge on any atom is -0.287 e. The van der Waals surface area contributed by atoms with Crippen LogP contribution in [0, 0.1) is 25.2 Å². The highest BCUT2D eigenvalue weighted by Crippen LogP contribution is 2.39. The number of anilines is 2. The zero-order valence-electron chi connectivity index (χ0n) is 16.5. The second kappa shape index (κ2) is 7.32. The van der Waals surface area contributed by atoms with Gasteiger partial charge in [0.25, 0.3) is 10.0 Å². The van der Waals surface area contributed by atoms with Crippen molar-refractivity contribution in [1.29, 1.82) is 5.26 Å². The van der Waals surface area contributed by atoms with Gasteiger partial charge in [-0.3, -0.25) is 4.90 Å². The lowest BCUT2D eigenvalue weighted by molar-refractivity contribution is 0.253. The van der Waals surface area contributed by atoms with Gasteiger partial charge in [-0.05, 0) is 55.3 Å². The van der Waals surface area contributed by atoms with Crippen LogP contribution in [-0.4, -0.2) is 14.4 Å². The largest absolute Gasteiger partial charge is 0.343 e. The highest BCUT2D eigenvalue weighted by Gasteiger charge is 2.42. The number of nitrogens with zero attached hydrogens (tertiary/aromatic N) is 3. The number of nitriles is 1. The summed E-state index contributed by atoms with van der Waals surface area (Å²) in [6.07, 6.45) is 0. The molecule has 0 unspecified atom stereocenters. The van der Waals surface area contributed by atoms with Crippen molar-refractivity contribution in [2.45, 2.75) is 25.3 Å². The van der Waals surface area contributed by atoms with Crippen LogP contribution in [-0.2, 0) is 16.6 Å². The molecule has 3 aromatic rings. The summed E-state index contributed by atoms with van der Waals surface area (Å²) in [5.41, 5.74) is 3.53. The summed E-state index contributed by atoms with van der Waals surface area (Å²) in [5.74, 6) is 0. The number of hydrogen-bond donors (Lipinski definition) is 0. The Morgan fingerprint density at radius 2 is 1.70 bits per heavy atom. The van der Waals surface area contributed by atoms with Gasteiger partial charge in [-0.15, -0.1) is 0 Å². The number of carbonyl (C=O) groups excluding carboxylic acids is 1. The summed E-state index contributed by atoms with van der Waals surface area (Å²) in [6.45, 7) is 3.84. The van der Waals surface area contributed by atoms with E-state index in [0.29, 0.717) is 22.5 Å². The van der Waals surface area contributed by atoms with Crippen LogP contribution < -0.4 is 9.21 Å². The standard InChI is InChI=1S/C23H19N3O3S/c1-16-10-11-20(17(2)12-16)26-23(27)25(15-19-7-5-6-18(13-19)14-24)21-8-3-4-9-22(21)30(26,28)29/h3-13H,15H2,1-2H3. The van der Waals surface area contributed by atoms with Crippen LogP contribution in [0.1, 0.15) is 22.3 Å². The summed E-state index contributed by atoms with van der Waals surface area (Å²) in [4.78, 5) is 15.0. The van der Waals surface area contributed by atoms with E-state index in [1.165, 1.54) is 11.0 Å². The Balaban J connectivity index is 1.88. The molecule has 0 aliphatic carbocycles. The van der Waals surface area contributed by atoms with Crippen molar-refractivity contribution in [2.75, 3.05) is 9.21 Å². The number of carbonyl (C=O) groups is 1. The van der Waals surface area contributed by atoms with Crippen LogP contribution in [0.25, 0.3) is 0 Å². The minimum atomic E-state index is -4.07. The maximum Gasteiger partial charge on any atom is 0.343 e. The molecule has 0 aromatic heterocycles. The third-order valence-electron chi connectivity index (χ3n) is 5.05. The van der Waals surface area contributed by atoms with Gasteiger partial charge in [0.15, 0.2) is 0 Å². The molecule has 0 spiro atoms. The number of fused-ring (bicyclic) bond motifs is 1. The lowest BCUT2D eigenvalue weighted by Gasteiger charge is -2.36. The first-order chi connectivity index (χ1) is 14.3. The van der Waals surface area contributed by atoms with Crippen molar-refractivity contribution >= 4 is 27.4 Å². The molecule has 0 N–H and O–H groups in total. The van der Waals surface area contributed by atoms with Crippen molar-refractivity contribution in [2.24, 2.45) is 0 Å².